The number of nitrogens with one attached hydrogen (secondary N) is 1. The Balaban J connectivity index is 2.23. The first-order valence-corrected chi connectivity index (χ1v) is 4.76. The largest absolute Gasteiger partial charge is 0.379 e. The van der Waals surface area contributed by atoms with E-state index in [-0.39, 0.29) is 11.6 Å². The zero-order chi connectivity index (χ0) is 9.73. The summed E-state index contributed by atoms with van der Waals surface area (Å²) in [4.78, 5) is 0. The van der Waals surface area contributed by atoms with Gasteiger partial charge in [-0.3, -0.25) is 0 Å². The minimum atomic E-state index is 0.109. The summed E-state index contributed by atoms with van der Waals surface area (Å²) in [5.74, 6) is 0. The van der Waals surface area contributed by atoms with Gasteiger partial charge in [-0.25, -0.2) is 0 Å². The summed E-state index contributed by atoms with van der Waals surface area (Å²) in [6.07, 6.45) is 1.17. The molecule has 0 spiro atoms. The van der Waals surface area contributed by atoms with Crippen LogP contribution in [0.5, 0.6) is 0 Å². The second kappa shape index (κ2) is 4.91. The number of ether oxygens (including phenoxy) is 2. The molecule has 0 saturated carbocycles. The number of hydrogen-bond donors (Lipinski definition) is 2. The lowest BCUT2D eigenvalue weighted by molar-refractivity contribution is 0.0963. The Labute approximate surface area is 79.8 Å². The van der Waals surface area contributed by atoms with Crippen LogP contribution in [0.1, 0.15) is 13.3 Å². The molecule has 1 fully saturated rings. The zero-order valence-corrected chi connectivity index (χ0v) is 8.51. The van der Waals surface area contributed by atoms with E-state index in [4.69, 9.17) is 15.2 Å². The number of rotatable bonds is 5. The van der Waals surface area contributed by atoms with Crippen LogP contribution in [0.25, 0.3) is 0 Å². The SMILES string of the molecule is COC(CN)CNC1(C)CCOC1. The van der Waals surface area contributed by atoms with Crippen molar-refractivity contribution in [3.8, 4) is 0 Å². The topological polar surface area (TPSA) is 56.5 Å². The molecule has 3 N–H and O–H groups in total. The Hall–Kier alpha value is -0.160. The molecule has 0 aromatic rings. The molecule has 0 radical (unpaired) electrons. The van der Waals surface area contributed by atoms with Crippen LogP contribution in [-0.2, 0) is 9.47 Å². The lowest BCUT2D eigenvalue weighted by Gasteiger charge is -2.26. The van der Waals surface area contributed by atoms with Gasteiger partial charge in [0.1, 0.15) is 0 Å². The first-order chi connectivity index (χ1) is 6.20. The third-order valence-electron chi connectivity index (χ3n) is 2.57. The molecule has 2 unspecified atom stereocenters. The number of hydrogen-bond acceptors (Lipinski definition) is 4. The standard InChI is InChI=1S/C9H20N2O2/c1-9(3-4-13-7-9)11-6-8(5-10)12-2/h8,11H,3-7,10H2,1-2H3. The van der Waals surface area contributed by atoms with E-state index in [2.05, 4.69) is 12.2 Å². The molecule has 78 valence electrons. The van der Waals surface area contributed by atoms with E-state index in [0.717, 1.165) is 26.2 Å². The van der Waals surface area contributed by atoms with Crippen LogP contribution in [-0.4, -0.2) is 45.1 Å². The van der Waals surface area contributed by atoms with Crippen LogP contribution in [0.4, 0.5) is 0 Å². The highest BCUT2D eigenvalue weighted by Crippen LogP contribution is 2.17. The van der Waals surface area contributed by atoms with Crippen molar-refractivity contribution >= 4 is 0 Å². The van der Waals surface area contributed by atoms with E-state index in [1.807, 2.05) is 0 Å². The van der Waals surface area contributed by atoms with Crippen molar-refractivity contribution in [1.29, 1.82) is 0 Å². The van der Waals surface area contributed by atoms with Gasteiger partial charge in [-0.1, -0.05) is 0 Å². The maximum Gasteiger partial charge on any atom is 0.0817 e. The molecule has 1 aliphatic rings. The Bertz CT molecular complexity index is 143. The first kappa shape index (κ1) is 10.9. The Morgan fingerprint density at radius 2 is 2.46 bits per heavy atom. The smallest absolute Gasteiger partial charge is 0.0817 e. The second-order valence-electron chi connectivity index (χ2n) is 3.84. The highest BCUT2D eigenvalue weighted by molar-refractivity contribution is 4.87. The van der Waals surface area contributed by atoms with E-state index >= 15 is 0 Å². The molecule has 0 aromatic heterocycles. The molecule has 0 aliphatic carbocycles. The summed E-state index contributed by atoms with van der Waals surface area (Å²) in [5, 5.41) is 3.43. The molecule has 0 aromatic carbocycles. The fraction of sp³-hybridized carbons (Fsp3) is 1.00. The van der Waals surface area contributed by atoms with Gasteiger partial charge in [-0.2, -0.15) is 0 Å². The fourth-order valence-corrected chi connectivity index (χ4v) is 1.43. The number of methoxy groups -OCH3 is 1. The van der Waals surface area contributed by atoms with Crippen LogP contribution in [0.3, 0.4) is 0 Å². The summed E-state index contributed by atoms with van der Waals surface area (Å²) >= 11 is 0. The molecule has 1 aliphatic heterocycles. The zero-order valence-electron chi connectivity index (χ0n) is 8.51. The minimum Gasteiger partial charge on any atom is -0.379 e. The lowest BCUT2D eigenvalue weighted by Crippen LogP contribution is -2.48. The predicted molar refractivity (Wildman–Crippen MR) is 51.7 cm³/mol. The highest BCUT2D eigenvalue weighted by atomic mass is 16.5. The molecule has 1 rings (SSSR count). The van der Waals surface area contributed by atoms with Crippen LogP contribution in [0, 0.1) is 0 Å². The van der Waals surface area contributed by atoms with Crippen molar-refractivity contribution in [2.75, 3.05) is 33.4 Å². The van der Waals surface area contributed by atoms with Gasteiger partial charge in [0.15, 0.2) is 0 Å². The van der Waals surface area contributed by atoms with Crippen molar-refractivity contribution in [2.24, 2.45) is 5.73 Å². The van der Waals surface area contributed by atoms with E-state index < -0.39 is 0 Å². The molecule has 1 heterocycles. The van der Waals surface area contributed by atoms with E-state index in [1.165, 1.54) is 0 Å². The molecule has 4 heteroatoms. The van der Waals surface area contributed by atoms with E-state index in [9.17, 15) is 0 Å². The van der Waals surface area contributed by atoms with Gasteiger partial charge in [0.25, 0.3) is 0 Å². The average molecular weight is 188 g/mol. The van der Waals surface area contributed by atoms with E-state index in [1.54, 1.807) is 7.11 Å². The van der Waals surface area contributed by atoms with Gasteiger partial charge >= 0.3 is 0 Å². The summed E-state index contributed by atoms with van der Waals surface area (Å²) < 4.78 is 10.5. The molecule has 4 nitrogen and oxygen atoms in total. The fourth-order valence-electron chi connectivity index (χ4n) is 1.43. The van der Waals surface area contributed by atoms with Crippen LogP contribution in [0.15, 0.2) is 0 Å². The molecule has 13 heavy (non-hydrogen) atoms. The first-order valence-electron chi connectivity index (χ1n) is 4.76. The van der Waals surface area contributed by atoms with Crippen molar-refractivity contribution in [3.05, 3.63) is 0 Å². The monoisotopic (exact) mass is 188 g/mol. The Kier molecular flexibility index (Phi) is 4.12. The van der Waals surface area contributed by atoms with Gasteiger partial charge in [0.05, 0.1) is 12.7 Å². The van der Waals surface area contributed by atoms with Crippen LogP contribution >= 0.6 is 0 Å². The van der Waals surface area contributed by atoms with Gasteiger partial charge in [-0.05, 0) is 13.3 Å². The van der Waals surface area contributed by atoms with Gasteiger partial charge in [0.2, 0.25) is 0 Å². The van der Waals surface area contributed by atoms with Crippen molar-refractivity contribution in [2.45, 2.75) is 25.0 Å². The van der Waals surface area contributed by atoms with Gasteiger partial charge in [0, 0.05) is 32.3 Å². The summed E-state index contributed by atoms with van der Waals surface area (Å²) in [6.45, 7) is 5.16. The van der Waals surface area contributed by atoms with Gasteiger partial charge in [-0.15, -0.1) is 0 Å². The van der Waals surface area contributed by atoms with Crippen LogP contribution in [0.2, 0.25) is 0 Å². The third-order valence-corrected chi connectivity index (χ3v) is 2.57. The van der Waals surface area contributed by atoms with Gasteiger partial charge < -0.3 is 20.5 Å². The highest BCUT2D eigenvalue weighted by Gasteiger charge is 2.29. The quantitative estimate of drug-likeness (QED) is 0.623. The normalized spacial score (nSPS) is 30.7. The Morgan fingerprint density at radius 1 is 1.69 bits per heavy atom. The maximum absolute atomic E-state index is 5.51. The molecular weight excluding hydrogens is 168 g/mol. The van der Waals surface area contributed by atoms with Crippen molar-refractivity contribution in [3.63, 3.8) is 0 Å². The summed E-state index contributed by atoms with van der Waals surface area (Å²) in [7, 11) is 1.69. The third kappa shape index (κ3) is 3.23. The Morgan fingerprint density at radius 3 is 2.92 bits per heavy atom. The maximum atomic E-state index is 5.51. The van der Waals surface area contributed by atoms with E-state index in [0.29, 0.717) is 6.54 Å². The average Bonchev–Trinajstić information content (AvgIpc) is 2.55. The molecule has 0 bridgehead atoms. The van der Waals surface area contributed by atoms with Crippen molar-refractivity contribution < 1.29 is 9.47 Å². The molecular formula is C9H20N2O2. The van der Waals surface area contributed by atoms with Crippen LogP contribution < -0.4 is 11.1 Å². The molecule has 0 amide bonds. The summed E-state index contributed by atoms with van der Waals surface area (Å²) in [6, 6.07) is 0. The second-order valence-corrected chi connectivity index (χ2v) is 3.84. The minimum absolute atomic E-state index is 0.109. The molecule has 1 saturated heterocycles. The predicted octanol–water partition coefficient (Wildman–Crippen LogP) is -0.271. The molecule has 2 atom stereocenters. The summed E-state index contributed by atoms with van der Waals surface area (Å²) in [5.41, 5.74) is 5.63. The van der Waals surface area contributed by atoms with Crippen molar-refractivity contribution in [1.82, 2.24) is 5.32 Å². The number of nitrogens with two attached hydrogens (primary N) is 1. The lowest BCUT2D eigenvalue weighted by atomic mass is 10.0.